The van der Waals surface area contributed by atoms with Gasteiger partial charge in [-0.1, -0.05) is 6.42 Å². The van der Waals surface area contributed by atoms with E-state index in [4.69, 9.17) is 4.74 Å². The molecule has 1 aliphatic carbocycles. The molecular formula is C14H23NO3. The first-order chi connectivity index (χ1) is 8.63. The van der Waals surface area contributed by atoms with Crippen molar-refractivity contribution in [1.82, 2.24) is 4.90 Å². The summed E-state index contributed by atoms with van der Waals surface area (Å²) in [5.41, 5.74) is -0.477. The van der Waals surface area contributed by atoms with Crippen molar-refractivity contribution >= 4 is 11.9 Å². The highest BCUT2D eigenvalue weighted by atomic mass is 16.6. The molecule has 0 aromatic carbocycles. The molecule has 0 radical (unpaired) electrons. The third kappa shape index (κ3) is 2.25. The van der Waals surface area contributed by atoms with Crippen molar-refractivity contribution in [3.05, 3.63) is 0 Å². The van der Waals surface area contributed by atoms with E-state index < -0.39 is 5.60 Å². The van der Waals surface area contributed by atoms with Gasteiger partial charge >= 0.3 is 5.97 Å². The van der Waals surface area contributed by atoms with Crippen molar-refractivity contribution in [2.75, 3.05) is 13.1 Å². The second-order valence-electron chi connectivity index (χ2n) is 5.37. The Bertz CT molecular complexity index is 330. The highest BCUT2D eigenvalue weighted by Gasteiger charge is 2.53. The molecule has 0 N–H and O–H groups in total. The predicted molar refractivity (Wildman–Crippen MR) is 67.9 cm³/mol. The molecule has 102 valence electrons. The van der Waals surface area contributed by atoms with E-state index in [2.05, 4.69) is 0 Å². The molecule has 1 heterocycles. The summed E-state index contributed by atoms with van der Waals surface area (Å²) in [5, 5.41) is 0. The lowest BCUT2D eigenvalue weighted by Gasteiger charge is -2.37. The van der Waals surface area contributed by atoms with Gasteiger partial charge in [-0.2, -0.15) is 0 Å². The zero-order valence-corrected chi connectivity index (χ0v) is 11.4. The van der Waals surface area contributed by atoms with Crippen molar-refractivity contribution in [3.63, 3.8) is 0 Å². The number of rotatable bonds is 3. The largest absolute Gasteiger partial charge is 0.458 e. The van der Waals surface area contributed by atoms with Gasteiger partial charge < -0.3 is 9.64 Å². The highest BCUT2D eigenvalue weighted by molar-refractivity contribution is 5.88. The Kier molecular flexibility index (Phi) is 3.93. The number of nitrogens with zero attached hydrogens (tertiary/aromatic N) is 1. The molecule has 2 fully saturated rings. The highest BCUT2D eigenvalue weighted by Crippen LogP contribution is 2.44. The summed E-state index contributed by atoms with van der Waals surface area (Å²) in [6.07, 6.45) is 5.30. The fourth-order valence-corrected chi connectivity index (χ4v) is 3.36. The molecule has 0 bridgehead atoms. The van der Waals surface area contributed by atoms with E-state index in [1.807, 2.05) is 18.7 Å². The molecule has 0 unspecified atom stereocenters. The van der Waals surface area contributed by atoms with Crippen LogP contribution in [0.25, 0.3) is 0 Å². The molecule has 18 heavy (non-hydrogen) atoms. The zero-order chi connectivity index (χ0) is 13.2. The topological polar surface area (TPSA) is 46.6 Å². The van der Waals surface area contributed by atoms with E-state index in [9.17, 15) is 9.59 Å². The third-order valence-electron chi connectivity index (χ3n) is 4.40. The molecule has 1 amide bonds. The maximum Gasteiger partial charge on any atom is 0.307 e. The summed E-state index contributed by atoms with van der Waals surface area (Å²) in [6.45, 7) is 5.37. The fourth-order valence-electron chi connectivity index (χ4n) is 3.36. The van der Waals surface area contributed by atoms with Crippen LogP contribution in [-0.4, -0.2) is 35.5 Å². The molecule has 4 heteroatoms. The van der Waals surface area contributed by atoms with Crippen LogP contribution in [0.5, 0.6) is 0 Å². The van der Waals surface area contributed by atoms with Crippen molar-refractivity contribution in [2.24, 2.45) is 5.92 Å². The average molecular weight is 253 g/mol. The predicted octanol–water partition coefficient (Wildman–Crippen LogP) is 2.12. The molecule has 4 nitrogen and oxygen atoms in total. The van der Waals surface area contributed by atoms with E-state index in [0.29, 0.717) is 13.1 Å². The van der Waals surface area contributed by atoms with Gasteiger partial charge in [-0.05, 0) is 39.5 Å². The lowest BCUT2D eigenvalue weighted by Crippen LogP contribution is -2.47. The van der Waals surface area contributed by atoms with Gasteiger partial charge in [-0.25, -0.2) is 0 Å². The van der Waals surface area contributed by atoms with E-state index >= 15 is 0 Å². The number of esters is 1. The van der Waals surface area contributed by atoms with E-state index in [1.165, 1.54) is 6.42 Å². The van der Waals surface area contributed by atoms with Gasteiger partial charge in [-0.15, -0.1) is 0 Å². The van der Waals surface area contributed by atoms with Crippen molar-refractivity contribution in [2.45, 2.75) is 58.0 Å². The molecule has 0 aromatic heterocycles. The van der Waals surface area contributed by atoms with Gasteiger partial charge in [0.2, 0.25) is 5.91 Å². The number of hydrogen-bond donors (Lipinski definition) is 0. The standard InChI is InChI=1S/C14H23NO3/c1-3-15(4-2)13(17)11-10-12(16)18-14(11)8-6-5-7-9-14/h11H,3-10H2,1-2H3/t11-/m1/s1. The van der Waals surface area contributed by atoms with Crippen LogP contribution in [0.15, 0.2) is 0 Å². The first-order valence-corrected chi connectivity index (χ1v) is 7.13. The van der Waals surface area contributed by atoms with Gasteiger partial charge in [0.05, 0.1) is 12.3 Å². The minimum absolute atomic E-state index is 0.104. The smallest absolute Gasteiger partial charge is 0.307 e. The minimum Gasteiger partial charge on any atom is -0.458 e. The number of carbonyl (C=O) groups excluding carboxylic acids is 2. The van der Waals surface area contributed by atoms with Crippen LogP contribution in [0.3, 0.4) is 0 Å². The summed E-state index contributed by atoms with van der Waals surface area (Å²) >= 11 is 0. The monoisotopic (exact) mass is 253 g/mol. The first-order valence-electron chi connectivity index (χ1n) is 7.13. The molecular weight excluding hydrogens is 230 g/mol. The number of amides is 1. The van der Waals surface area contributed by atoms with Crippen molar-refractivity contribution < 1.29 is 14.3 Å². The van der Waals surface area contributed by atoms with Crippen LogP contribution in [0, 0.1) is 5.92 Å². The Morgan fingerprint density at radius 1 is 1.28 bits per heavy atom. The Hall–Kier alpha value is -1.06. The van der Waals surface area contributed by atoms with Crippen LogP contribution in [-0.2, 0) is 14.3 Å². The number of ether oxygens (including phenoxy) is 1. The van der Waals surface area contributed by atoms with E-state index in [-0.39, 0.29) is 24.2 Å². The quantitative estimate of drug-likeness (QED) is 0.724. The van der Waals surface area contributed by atoms with Gasteiger partial charge in [0.15, 0.2) is 0 Å². The van der Waals surface area contributed by atoms with Crippen LogP contribution in [0.4, 0.5) is 0 Å². The molecule has 1 atom stereocenters. The van der Waals surface area contributed by atoms with Crippen LogP contribution >= 0.6 is 0 Å². The molecule has 1 aliphatic heterocycles. The van der Waals surface area contributed by atoms with Gasteiger partial charge in [0.25, 0.3) is 0 Å². The third-order valence-corrected chi connectivity index (χ3v) is 4.40. The maximum absolute atomic E-state index is 12.5. The van der Waals surface area contributed by atoms with E-state index in [0.717, 1.165) is 25.7 Å². The maximum atomic E-state index is 12.5. The summed E-state index contributed by atoms with van der Waals surface area (Å²) < 4.78 is 5.58. The molecule has 2 aliphatic rings. The van der Waals surface area contributed by atoms with Crippen LogP contribution in [0.1, 0.15) is 52.4 Å². The van der Waals surface area contributed by atoms with E-state index in [1.54, 1.807) is 0 Å². The SMILES string of the molecule is CCN(CC)C(=O)[C@H]1CC(=O)OC12CCCCC2. The number of carbonyl (C=O) groups is 2. The molecule has 0 aromatic rings. The summed E-state index contributed by atoms with van der Waals surface area (Å²) in [5.74, 6) is -0.333. The van der Waals surface area contributed by atoms with Gasteiger partial charge in [-0.3, -0.25) is 9.59 Å². The second kappa shape index (κ2) is 5.29. The summed E-state index contributed by atoms with van der Waals surface area (Å²) in [7, 11) is 0. The molecule has 1 spiro atoms. The van der Waals surface area contributed by atoms with Gasteiger partial charge in [0, 0.05) is 13.1 Å². The molecule has 1 saturated carbocycles. The van der Waals surface area contributed by atoms with Crippen molar-refractivity contribution in [1.29, 1.82) is 0 Å². The first kappa shape index (κ1) is 13.4. The van der Waals surface area contributed by atoms with Crippen LogP contribution in [0.2, 0.25) is 0 Å². The summed E-state index contributed by atoms with van der Waals surface area (Å²) in [4.78, 5) is 26.0. The Morgan fingerprint density at radius 3 is 2.44 bits per heavy atom. The minimum atomic E-state index is -0.477. The molecule has 2 rings (SSSR count). The fraction of sp³-hybridized carbons (Fsp3) is 0.857. The normalized spacial score (nSPS) is 26.1. The lowest BCUT2D eigenvalue weighted by atomic mass is 9.75. The Labute approximate surface area is 109 Å². The molecule has 1 saturated heterocycles. The Morgan fingerprint density at radius 2 is 1.89 bits per heavy atom. The zero-order valence-electron chi connectivity index (χ0n) is 11.4. The lowest BCUT2D eigenvalue weighted by molar-refractivity contribution is -0.155. The van der Waals surface area contributed by atoms with Gasteiger partial charge in [0.1, 0.15) is 5.60 Å². The number of hydrogen-bond acceptors (Lipinski definition) is 3. The Balaban J connectivity index is 2.18. The average Bonchev–Trinajstić information content (AvgIpc) is 2.68. The van der Waals surface area contributed by atoms with Crippen molar-refractivity contribution in [3.8, 4) is 0 Å². The second-order valence-corrected chi connectivity index (χ2v) is 5.37. The van der Waals surface area contributed by atoms with Crippen LogP contribution < -0.4 is 0 Å². The summed E-state index contributed by atoms with van der Waals surface area (Å²) in [6, 6.07) is 0.